The average Bonchev–Trinajstić information content (AvgIpc) is 3.24. The highest BCUT2D eigenvalue weighted by atomic mass is 16.5. The number of hydrogen-bond acceptors (Lipinski definition) is 5. The van der Waals surface area contributed by atoms with Gasteiger partial charge >= 0.3 is 5.97 Å². The molecule has 0 aliphatic heterocycles. The summed E-state index contributed by atoms with van der Waals surface area (Å²) in [5.74, 6) is -0.479. The van der Waals surface area contributed by atoms with Crippen LogP contribution in [0.3, 0.4) is 0 Å². The van der Waals surface area contributed by atoms with Gasteiger partial charge in [0, 0.05) is 6.42 Å². The summed E-state index contributed by atoms with van der Waals surface area (Å²) >= 11 is 0. The summed E-state index contributed by atoms with van der Waals surface area (Å²) in [5, 5.41) is 23.7. The lowest BCUT2D eigenvalue weighted by Crippen LogP contribution is -2.46. The molecule has 3 atom stereocenters. The number of esters is 1. The van der Waals surface area contributed by atoms with E-state index >= 15 is 0 Å². The first-order valence-corrected chi connectivity index (χ1v) is 26.2. The van der Waals surface area contributed by atoms with E-state index in [1.54, 1.807) is 0 Å². The van der Waals surface area contributed by atoms with Crippen molar-refractivity contribution in [3.8, 4) is 0 Å². The molecule has 0 radical (unpaired) electrons. The maximum Gasteiger partial charge on any atom is 0.306 e. The van der Waals surface area contributed by atoms with Crippen LogP contribution in [0.25, 0.3) is 0 Å². The van der Waals surface area contributed by atoms with Crippen molar-refractivity contribution in [2.45, 2.75) is 289 Å². The molecule has 0 aromatic carbocycles. The molecule has 6 heteroatoms. The van der Waals surface area contributed by atoms with Gasteiger partial charge in [0.1, 0.15) is 6.10 Å². The third-order valence-electron chi connectivity index (χ3n) is 12.0. The van der Waals surface area contributed by atoms with Gasteiger partial charge in [-0.15, -0.1) is 0 Å². The molecule has 0 saturated heterocycles. The van der Waals surface area contributed by atoms with E-state index in [4.69, 9.17) is 4.74 Å². The van der Waals surface area contributed by atoms with Crippen LogP contribution in [0.15, 0.2) is 36.5 Å². The number of carbonyl (C=O) groups is 2. The zero-order valence-electron chi connectivity index (χ0n) is 40.1. The monoisotopic (exact) mass is 844 g/mol. The van der Waals surface area contributed by atoms with E-state index in [1.165, 1.54) is 161 Å². The van der Waals surface area contributed by atoms with E-state index in [-0.39, 0.29) is 24.9 Å². The smallest absolute Gasteiger partial charge is 0.306 e. The first-order chi connectivity index (χ1) is 29.5. The standard InChI is InChI=1S/C54H101NO5/c1-4-7-10-13-16-19-22-24-25-26-27-28-29-30-32-35-38-41-44-47-54(59)60-50(45-42-39-36-33-21-18-15-12-9-6-3)48-53(58)55-51(49-56)52(57)46-43-40-37-34-31-23-20-17-14-11-8-5-2/h16,19,24-25,27-28,50-52,56-57H,4-15,17-18,20-23,26,29-49H2,1-3H3,(H,55,58)/b19-16-,25-24-,28-27-. The van der Waals surface area contributed by atoms with Crippen molar-refractivity contribution in [3.63, 3.8) is 0 Å². The minimum Gasteiger partial charge on any atom is -0.462 e. The van der Waals surface area contributed by atoms with Crippen LogP contribution in [0.2, 0.25) is 0 Å². The van der Waals surface area contributed by atoms with Crippen LogP contribution in [0.4, 0.5) is 0 Å². The number of allylic oxidation sites excluding steroid dienone is 6. The molecule has 0 heterocycles. The second kappa shape index (κ2) is 48.1. The Labute approximate surface area is 373 Å². The predicted octanol–water partition coefficient (Wildman–Crippen LogP) is 15.7. The zero-order valence-corrected chi connectivity index (χ0v) is 40.1. The normalized spacial score (nSPS) is 13.5. The van der Waals surface area contributed by atoms with E-state index in [2.05, 4.69) is 62.5 Å². The number of ether oxygens (including phenoxy) is 1. The average molecular weight is 844 g/mol. The Hall–Kier alpha value is -1.92. The maximum absolute atomic E-state index is 13.2. The molecule has 0 aromatic heterocycles. The number of carbonyl (C=O) groups excluding carboxylic acids is 2. The molecule has 60 heavy (non-hydrogen) atoms. The van der Waals surface area contributed by atoms with Crippen molar-refractivity contribution in [2.24, 2.45) is 0 Å². The van der Waals surface area contributed by atoms with Crippen LogP contribution < -0.4 is 5.32 Å². The van der Waals surface area contributed by atoms with Crippen LogP contribution in [0.5, 0.6) is 0 Å². The number of nitrogens with one attached hydrogen (secondary N) is 1. The van der Waals surface area contributed by atoms with Crippen LogP contribution in [-0.2, 0) is 14.3 Å². The second-order valence-electron chi connectivity index (χ2n) is 17.9. The van der Waals surface area contributed by atoms with Crippen LogP contribution in [0, 0.1) is 0 Å². The lowest BCUT2D eigenvalue weighted by Gasteiger charge is -2.24. The summed E-state index contributed by atoms with van der Waals surface area (Å²) < 4.78 is 5.92. The topological polar surface area (TPSA) is 95.9 Å². The van der Waals surface area contributed by atoms with E-state index in [0.717, 1.165) is 64.2 Å². The van der Waals surface area contributed by atoms with Crippen molar-refractivity contribution in [1.82, 2.24) is 5.32 Å². The summed E-state index contributed by atoms with van der Waals surface area (Å²) in [6, 6.07) is -0.700. The minimum absolute atomic E-state index is 0.0757. The molecular formula is C54H101NO5. The van der Waals surface area contributed by atoms with Gasteiger partial charge in [0.05, 0.1) is 25.2 Å². The molecule has 1 amide bonds. The third kappa shape index (κ3) is 42.8. The first kappa shape index (κ1) is 58.1. The fraction of sp³-hybridized carbons (Fsp3) is 0.852. The fourth-order valence-electron chi connectivity index (χ4n) is 7.97. The molecule has 0 aliphatic carbocycles. The second-order valence-corrected chi connectivity index (χ2v) is 17.9. The molecule has 0 bridgehead atoms. The number of unbranched alkanes of at least 4 members (excludes halogenated alkanes) is 29. The quantitative estimate of drug-likeness (QED) is 0.0322. The molecule has 0 saturated carbocycles. The molecule has 352 valence electrons. The summed E-state index contributed by atoms with van der Waals surface area (Å²) in [5.41, 5.74) is 0. The summed E-state index contributed by atoms with van der Waals surface area (Å²) in [4.78, 5) is 26.1. The third-order valence-corrected chi connectivity index (χ3v) is 12.0. The van der Waals surface area contributed by atoms with E-state index in [9.17, 15) is 19.8 Å². The largest absolute Gasteiger partial charge is 0.462 e. The van der Waals surface area contributed by atoms with Crippen molar-refractivity contribution < 1.29 is 24.5 Å². The van der Waals surface area contributed by atoms with Gasteiger partial charge in [0.25, 0.3) is 0 Å². The van der Waals surface area contributed by atoms with E-state index < -0.39 is 18.2 Å². The minimum atomic E-state index is -0.786. The summed E-state index contributed by atoms with van der Waals surface area (Å²) in [7, 11) is 0. The lowest BCUT2D eigenvalue weighted by molar-refractivity contribution is -0.151. The molecule has 0 fully saturated rings. The number of hydrogen-bond donors (Lipinski definition) is 3. The van der Waals surface area contributed by atoms with Gasteiger partial charge in [0.15, 0.2) is 0 Å². The fourth-order valence-corrected chi connectivity index (χ4v) is 7.97. The molecule has 0 spiro atoms. The Morgan fingerprint density at radius 2 is 0.850 bits per heavy atom. The maximum atomic E-state index is 13.2. The lowest BCUT2D eigenvalue weighted by atomic mass is 10.0. The molecule has 3 unspecified atom stereocenters. The van der Waals surface area contributed by atoms with E-state index in [0.29, 0.717) is 19.3 Å². The molecule has 0 aromatic rings. The number of aliphatic hydroxyl groups excluding tert-OH is 2. The van der Waals surface area contributed by atoms with Gasteiger partial charge in [-0.2, -0.15) is 0 Å². The molecule has 3 N–H and O–H groups in total. The highest BCUT2D eigenvalue weighted by Gasteiger charge is 2.24. The van der Waals surface area contributed by atoms with Gasteiger partial charge in [-0.05, 0) is 64.2 Å². The van der Waals surface area contributed by atoms with Crippen molar-refractivity contribution in [3.05, 3.63) is 36.5 Å². The molecule has 6 nitrogen and oxygen atoms in total. The molecule has 0 aliphatic rings. The number of aliphatic hydroxyl groups is 2. The summed E-state index contributed by atoms with van der Waals surface area (Å²) in [6.45, 7) is 6.45. The Morgan fingerprint density at radius 1 is 0.483 bits per heavy atom. The highest BCUT2D eigenvalue weighted by Crippen LogP contribution is 2.18. The Kier molecular flexibility index (Phi) is 46.6. The Morgan fingerprint density at radius 3 is 1.32 bits per heavy atom. The Balaban J connectivity index is 4.48. The van der Waals surface area contributed by atoms with Gasteiger partial charge in [-0.25, -0.2) is 0 Å². The van der Waals surface area contributed by atoms with Crippen molar-refractivity contribution in [2.75, 3.05) is 6.61 Å². The van der Waals surface area contributed by atoms with E-state index in [1.807, 2.05) is 0 Å². The van der Waals surface area contributed by atoms with Crippen LogP contribution in [0.1, 0.15) is 271 Å². The Bertz CT molecular complexity index is 993. The molecule has 0 rings (SSSR count). The van der Waals surface area contributed by atoms with Crippen molar-refractivity contribution in [1.29, 1.82) is 0 Å². The van der Waals surface area contributed by atoms with Crippen LogP contribution in [-0.4, -0.2) is 46.9 Å². The van der Waals surface area contributed by atoms with Crippen molar-refractivity contribution >= 4 is 11.9 Å². The van der Waals surface area contributed by atoms with Gasteiger partial charge in [-0.3, -0.25) is 9.59 Å². The van der Waals surface area contributed by atoms with Gasteiger partial charge in [-0.1, -0.05) is 231 Å². The van der Waals surface area contributed by atoms with Crippen LogP contribution >= 0.6 is 0 Å². The van der Waals surface area contributed by atoms with Gasteiger partial charge < -0.3 is 20.3 Å². The number of rotatable bonds is 47. The SMILES string of the molecule is CCCCC/C=C\C/C=C\C/C=C\CCCCCCCCC(=O)OC(CCCCCCCCCCCC)CC(=O)NC(CO)C(O)CCCCCCCCCCCCCC. The zero-order chi connectivity index (χ0) is 43.8. The highest BCUT2D eigenvalue weighted by molar-refractivity contribution is 5.77. The molecular weight excluding hydrogens is 743 g/mol. The predicted molar refractivity (Wildman–Crippen MR) is 259 cm³/mol. The van der Waals surface area contributed by atoms with Gasteiger partial charge in [0.2, 0.25) is 5.91 Å². The number of amides is 1. The first-order valence-electron chi connectivity index (χ1n) is 26.2. The summed E-state index contributed by atoms with van der Waals surface area (Å²) in [6.07, 6.45) is 56.3.